The average molecular weight is 365 g/mol. The molecule has 0 bridgehead atoms. The summed E-state index contributed by atoms with van der Waals surface area (Å²) in [5, 5.41) is 0. The smallest absolute Gasteiger partial charge is 0.417 e. The third-order valence-corrected chi connectivity index (χ3v) is 4.87. The SMILES string of the molecule is CC(=O)C(CCc1ccccc1)C(=O)N1C(=O)OC[C@@H]1Cc1ccccc1. The lowest BCUT2D eigenvalue weighted by atomic mass is 9.94. The normalized spacial score (nSPS) is 17.4. The third-order valence-electron chi connectivity index (χ3n) is 4.87. The first-order valence-electron chi connectivity index (χ1n) is 9.14. The zero-order valence-electron chi connectivity index (χ0n) is 15.3. The van der Waals surface area contributed by atoms with Crippen LogP contribution in [0.4, 0.5) is 4.79 Å². The van der Waals surface area contributed by atoms with Crippen molar-refractivity contribution in [2.24, 2.45) is 5.92 Å². The minimum Gasteiger partial charge on any atom is -0.447 e. The predicted molar refractivity (Wildman–Crippen MR) is 101 cm³/mol. The number of ketones is 1. The molecular formula is C22H23NO4. The number of imide groups is 1. The number of benzene rings is 2. The number of ether oxygens (including phenoxy) is 1. The van der Waals surface area contributed by atoms with Gasteiger partial charge in [-0.2, -0.15) is 0 Å². The van der Waals surface area contributed by atoms with Gasteiger partial charge in [-0.3, -0.25) is 9.59 Å². The lowest BCUT2D eigenvalue weighted by Crippen LogP contribution is -2.45. The Kier molecular flexibility index (Phi) is 6.01. The van der Waals surface area contributed by atoms with Crippen LogP contribution in [0.15, 0.2) is 60.7 Å². The van der Waals surface area contributed by atoms with E-state index < -0.39 is 17.9 Å². The molecule has 0 N–H and O–H groups in total. The fourth-order valence-corrected chi connectivity index (χ4v) is 3.39. The third kappa shape index (κ3) is 4.61. The largest absolute Gasteiger partial charge is 0.447 e. The van der Waals surface area contributed by atoms with Crippen molar-refractivity contribution in [1.82, 2.24) is 4.90 Å². The standard InChI is InChI=1S/C22H23NO4/c1-16(24)20(13-12-17-8-4-2-5-9-17)21(25)23-19(15-27-22(23)26)14-18-10-6-3-7-11-18/h2-11,19-20H,12-15H2,1H3/t19-,20?/m0/s1. The summed E-state index contributed by atoms with van der Waals surface area (Å²) in [4.78, 5) is 38.5. The zero-order chi connectivity index (χ0) is 19.2. The van der Waals surface area contributed by atoms with Crippen LogP contribution in [-0.2, 0) is 27.2 Å². The first-order valence-corrected chi connectivity index (χ1v) is 9.14. The molecule has 1 heterocycles. The Morgan fingerprint density at radius 3 is 2.22 bits per heavy atom. The number of carbonyl (C=O) groups excluding carboxylic acids is 3. The van der Waals surface area contributed by atoms with Crippen LogP contribution >= 0.6 is 0 Å². The number of carbonyl (C=O) groups is 3. The molecule has 1 aliphatic heterocycles. The number of hydrogen-bond acceptors (Lipinski definition) is 4. The van der Waals surface area contributed by atoms with Crippen LogP contribution in [0.5, 0.6) is 0 Å². The Balaban J connectivity index is 1.72. The maximum absolute atomic E-state index is 13.0. The van der Waals surface area contributed by atoms with Gasteiger partial charge in [0.25, 0.3) is 0 Å². The van der Waals surface area contributed by atoms with Gasteiger partial charge < -0.3 is 4.74 Å². The Labute approximate surface area is 158 Å². The second kappa shape index (κ2) is 8.62. The molecule has 2 atom stereocenters. The summed E-state index contributed by atoms with van der Waals surface area (Å²) in [7, 11) is 0. The topological polar surface area (TPSA) is 63.7 Å². The van der Waals surface area contributed by atoms with Crippen molar-refractivity contribution < 1.29 is 19.1 Å². The highest BCUT2D eigenvalue weighted by molar-refractivity contribution is 6.06. The van der Waals surface area contributed by atoms with Crippen LogP contribution in [0.2, 0.25) is 0 Å². The maximum Gasteiger partial charge on any atom is 0.417 e. The van der Waals surface area contributed by atoms with Gasteiger partial charge in [0.1, 0.15) is 12.4 Å². The summed E-state index contributed by atoms with van der Waals surface area (Å²) >= 11 is 0. The van der Waals surface area contributed by atoms with E-state index in [4.69, 9.17) is 4.74 Å². The highest BCUT2D eigenvalue weighted by atomic mass is 16.6. The van der Waals surface area contributed by atoms with E-state index in [1.54, 1.807) is 0 Å². The van der Waals surface area contributed by atoms with Gasteiger partial charge in [-0.05, 0) is 37.3 Å². The summed E-state index contributed by atoms with van der Waals surface area (Å²) in [5.74, 6) is -1.52. The molecule has 1 aliphatic rings. The molecule has 5 nitrogen and oxygen atoms in total. The molecule has 140 valence electrons. The first-order chi connectivity index (χ1) is 13.1. The van der Waals surface area contributed by atoms with E-state index >= 15 is 0 Å². The van der Waals surface area contributed by atoms with Crippen molar-refractivity contribution >= 4 is 17.8 Å². The molecule has 2 amide bonds. The quantitative estimate of drug-likeness (QED) is 0.706. The van der Waals surface area contributed by atoms with Gasteiger partial charge in [0.05, 0.1) is 12.0 Å². The lowest BCUT2D eigenvalue weighted by molar-refractivity contribution is -0.139. The number of Topliss-reactive ketones (excluding diaryl/α,β-unsaturated/α-hetero) is 1. The minimum atomic E-state index is -0.839. The molecule has 3 rings (SSSR count). The average Bonchev–Trinajstić information content (AvgIpc) is 3.03. The molecule has 5 heteroatoms. The predicted octanol–water partition coefficient (Wildman–Crippen LogP) is 3.41. The monoisotopic (exact) mass is 365 g/mol. The van der Waals surface area contributed by atoms with E-state index in [1.165, 1.54) is 6.92 Å². The van der Waals surface area contributed by atoms with Crippen molar-refractivity contribution in [3.05, 3.63) is 71.8 Å². The molecule has 0 radical (unpaired) electrons. The van der Waals surface area contributed by atoms with Crippen LogP contribution in [0, 0.1) is 5.92 Å². The number of aryl methyl sites for hydroxylation is 1. The van der Waals surface area contributed by atoms with E-state index in [2.05, 4.69) is 0 Å². The second-order valence-electron chi connectivity index (χ2n) is 6.82. The summed E-state index contributed by atoms with van der Waals surface area (Å²) in [6.07, 6.45) is 0.831. The zero-order valence-corrected chi connectivity index (χ0v) is 15.3. The fraction of sp³-hybridized carbons (Fsp3) is 0.318. The van der Waals surface area contributed by atoms with Crippen molar-refractivity contribution in [2.75, 3.05) is 6.61 Å². The van der Waals surface area contributed by atoms with Gasteiger partial charge in [-0.25, -0.2) is 9.69 Å². The Morgan fingerprint density at radius 1 is 1.04 bits per heavy atom. The molecule has 27 heavy (non-hydrogen) atoms. The molecule has 1 saturated heterocycles. The molecule has 2 aromatic rings. The Bertz CT molecular complexity index is 804. The van der Waals surface area contributed by atoms with E-state index in [0.29, 0.717) is 19.3 Å². The van der Waals surface area contributed by atoms with Crippen molar-refractivity contribution in [3.8, 4) is 0 Å². The maximum atomic E-state index is 13.0. The summed E-state index contributed by atoms with van der Waals surface area (Å²) in [5.41, 5.74) is 2.07. The molecule has 2 aromatic carbocycles. The highest BCUT2D eigenvalue weighted by Gasteiger charge is 2.41. The number of nitrogens with zero attached hydrogens (tertiary/aromatic N) is 1. The Hall–Kier alpha value is -2.95. The van der Waals surface area contributed by atoms with Gasteiger partial charge in [0.2, 0.25) is 5.91 Å². The van der Waals surface area contributed by atoms with E-state index in [9.17, 15) is 14.4 Å². The van der Waals surface area contributed by atoms with Gasteiger partial charge >= 0.3 is 6.09 Å². The molecule has 1 fully saturated rings. The number of rotatable bonds is 7. The van der Waals surface area contributed by atoms with Crippen LogP contribution in [0.3, 0.4) is 0 Å². The van der Waals surface area contributed by atoms with Crippen LogP contribution in [-0.4, -0.2) is 35.3 Å². The van der Waals surface area contributed by atoms with Crippen molar-refractivity contribution in [2.45, 2.75) is 32.2 Å². The summed E-state index contributed by atoms with van der Waals surface area (Å²) in [6, 6.07) is 19.0. The molecule has 0 saturated carbocycles. The van der Waals surface area contributed by atoms with Gasteiger partial charge in [0.15, 0.2) is 0 Å². The number of amides is 2. The fourth-order valence-electron chi connectivity index (χ4n) is 3.39. The van der Waals surface area contributed by atoms with Crippen LogP contribution < -0.4 is 0 Å². The van der Waals surface area contributed by atoms with Crippen molar-refractivity contribution in [1.29, 1.82) is 0 Å². The second-order valence-corrected chi connectivity index (χ2v) is 6.82. The lowest BCUT2D eigenvalue weighted by Gasteiger charge is -2.23. The highest BCUT2D eigenvalue weighted by Crippen LogP contribution is 2.22. The molecule has 0 spiro atoms. The van der Waals surface area contributed by atoms with E-state index in [1.807, 2.05) is 60.7 Å². The molecular weight excluding hydrogens is 342 g/mol. The summed E-state index contributed by atoms with van der Waals surface area (Å²) < 4.78 is 5.12. The van der Waals surface area contributed by atoms with Gasteiger partial charge in [-0.15, -0.1) is 0 Å². The number of cyclic esters (lactones) is 1. The number of hydrogen-bond donors (Lipinski definition) is 0. The molecule has 1 unspecified atom stereocenters. The van der Waals surface area contributed by atoms with Crippen LogP contribution in [0.25, 0.3) is 0 Å². The Morgan fingerprint density at radius 2 is 1.63 bits per heavy atom. The molecule has 0 aromatic heterocycles. The van der Waals surface area contributed by atoms with Gasteiger partial charge in [-0.1, -0.05) is 60.7 Å². The summed E-state index contributed by atoms with van der Waals surface area (Å²) in [6.45, 7) is 1.56. The van der Waals surface area contributed by atoms with E-state index in [-0.39, 0.29) is 18.4 Å². The first kappa shape index (κ1) is 18.8. The van der Waals surface area contributed by atoms with Crippen LogP contribution in [0.1, 0.15) is 24.5 Å². The molecule has 0 aliphatic carbocycles. The van der Waals surface area contributed by atoms with E-state index in [0.717, 1.165) is 16.0 Å². The minimum absolute atomic E-state index is 0.156. The van der Waals surface area contributed by atoms with Crippen molar-refractivity contribution in [3.63, 3.8) is 0 Å². The van der Waals surface area contributed by atoms with Gasteiger partial charge in [0, 0.05) is 0 Å².